The fourth-order valence-electron chi connectivity index (χ4n) is 1.79. The molecule has 1 heterocycles. The van der Waals surface area contributed by atoms with Gasteiger partial charge in [0.15, 0.2) is 0 Å². The fourth-order valence-corrected chi connectivity index (χ4v) is 3.44. The molecule has 6 nitrogen and oxygen atoms in total. The minimum atomic E-state index is -3.72. The van der Waals surface area contributed by atoms with E-state index in [1.807, 2.05) is 6.07 Å². The number of nitrogens with one attached hydrogen (secondary N) is 3. The van der Waals surface area contributed by atoms with E-state index in [0.717, 1.165) is 10.2 Å². The van der Waals surface area contributed by atoms with E-state index >= 15 is 0 Å². The summed E-state index contributed by atoms with van der Waals surface area (Å²) in [6, 6.07) is 6.95. The second-order valence-corrected chi connectivity index (χ2v) is 6.79. The maximum absolute atomic E-state index is 12.4. The van der Waals surface area contributed by atoms with Crippen LogP contribution in [-0.4, -0.2) is 25.7 Å². The Hall–Kier alpha value is -1.38. The van der Waals surface area contributed by atoms with Crippen LogP contribution in [0.25, 0.3) is 0 Å². The number of hydrogen-bond acceptors (Lipinski definition) is 4. The van der Waals surface area contributed by atoms with Crippen molar-refractivity contribution in [2.45, 2.75) is 18.5 Å². The molecule has 8 heteroatoms. The Bertz CT molecular complexity index is 712. The van der Waals surface area contributed by atoms with E-state index in [4.69, 9.17) is 0 Å². The lowest BCUT2D eigenvalue weighted by Gasteiger charge is -2.08. The number of sulfonamides is 1. The molecule has 1 aromatic carbocycles. The molecule has 0 aliphatic heterocycles. The second-order valence-electron chi connectivity index (χ2n) is 4.28. The summed E-state index contributed by atoms with van der Waals surface area (Å²) in [5.74, 6) is 0. The first-order valence-corrected chi connectivity index (χ1v) is 8.18. The van der Waals surface area contributed by atoms with Gasteiger partial charge in [-0.3, -0.25) is 9.82 Å². The summed E-state index contributed by atoms with van der Waals surface area (Å²) in [5.41, 5.74) is 1.85. The average Bonchev–Trinajstić information content (AvgIpc) is 2.72. The van der Waals surface area contributed by atoms with Crippen molar-refractivity contribution in [3.8, 4) is 0 Å². The molecule has 0 aliphatic carbocycles. The van der Waals surface area contributed by atoms with Gasteiger partial charge in [-0.05, 0) is 32.2 Å². The smallest absolute Gasteiger partial charge is 0.281 e. The Morgan fingerprint density at radius 1 is 1.40 bits per heavy atom. The molecule has 2 aromatic rings. The molecule has 0 saturated carbocycles. The molecule has 0 unspecified atom stereocenters. The number of benzene rings is 1. The van der Waals surface area contributed by atoms with Crippen LogP contribution in [0.5, 0.6) is 0 Å². The number of H-pyrrole nitrogens is 1. The molecule has 0 spiro atoms. The second kappa shape index (κ2) is 5.94. The van der Waals surface area contributed by atoms with Crippen LogP contribution in [-0.2, 0) is 16.6 Å². The highest BCUT2D eigenvalue weighted by molar-refractivity contribution is 9.10. The Kier molecular flexibility index (Phi) is 4.46. The molecule has 0 saturated heterocycles. The lowest BCUT2D eigenvalue weighted by molar-refractivity contribution is 0.595. The predicted molar refractivity (Wildman–Crippen MR) is 81.0 cm³/mol. The summed E-state index contributed by atoms with van der Waals surface area (Å²) >= 11 is 3.30. The summed E-state index contributed by atoms with van der Waals surface area (Å²) < 4.78 is 28.1. The van der Waals surface area contributed by atoms with E-state index in [9.17, 15) is 8.42 Å². The highest BCUT2D eigenvalue weighted by Gasteiger charge is 2.23. The van der Waals surface area contributed by atoms with Crippen molar-refractivity contribution < 1.29 is 8.42 Å². The Morgan fingerprint density at radius 2 is 2.15 bits per heavy atom. The number of halogens is 1. The first kappa shape index (κ1) is 15.0. The molecule has 1 aromatic heterocycles. The SMILES string of the molecule is CNCc1c(S(=O)(=O)Nc2cccc(Br)c2)n[nH]c1C. The van der Waals surface area contributed by atoms with E-state index in [1.165, 1.54) is 0 Å². The largest absolute Gasteiger partial charge is 0.316 e. The van der Waals surface area contributed by atoms with Crippen LogP contribution in [0.3, 0.4) is 0 Å². The number of rotatable bonds is 5. The highest BCUT2D eigenvalue weighted by Crippen LogP contribution is 2.21. The average molecular weight is 359 g/mol. The molecule has 108 valence electrons. The molecule has 0 aliphatic rings. The quantitative estimate of drug-likeness (QED) is 0.762. The molecule has 20 heavy (non-hydrogen) atoms. The van der Waals surface area contributed by atoms with E-state index < -0.39 is 10.0 Å². The fraction of sp³-hybridized carbons (Fsp3) is 0.250. The van der Waals surface area contributed by atoms with Crippen LogP contribution in [0.2, 0.25) is 0 Å². The molecule has 0 fully saturated rings. The van der Waals surface area contributed by atoms with E-state index in [1.54, 1.807) is 32.2 Å². The molecule has 3 N–H and O–H groups in total. The van der Waals surface area contributed by atoms with Gasteiger partial charge in [0.1, 0.15) is 0 Å². The zero-order chi connectivity index (χ0) is 14.8. The van der Waals surface area contributed by atoms with Gasteiger partial charge in [0.05, 0.1) is 0 Å². The maximum Gasteiger partial charge on any atom is 0.281 e. The van der Waals surface area contributed by atoms with Crippen LogP contribution in [0.4, 0.5) is 5.69 Å². The zero-order valence-corrected chi connectivity index (χ0v) is 13.5. The maximum atomic E-state index is 12.4. The Morgan fingerprint density at radius 3 is 2.80 bits per heavy atom. The van der Waals surface area contributed by atoms with E-state index in [-0.39, 0.29) is 5.03 Å². The zero-order valence-electron chi connectivity index (χ0n) is 11.1. The number of aromatic nitrogens is 2. The van der Waals surface area contributed by atoms with Crippen LogP contribution in [0.1, 0.15) is 11.3 Å². The van der Waals surface area contributed by atoms with Gasteiger partial charge in [0.2, 0.25) is 5.03 Å². The van der Waals surface area contributed by atoms with Crippen molar-refractivity contribution >= 4 is 31.6 Å². The third-order valence-electron chi connectivity index (χ3n) is 2.72. The minimum Gasteiger partial charge on any atom is -0.316 e. The van der Waals surface area contributed by atoms with Crippen molar-refractivity contribution in [1.82, 2.24) is 15.5 Å². The molecule has 0 atom stereocenters. The topological polar surface area (TPSA) is 86.9 Å². The standard InChI is InChI=1S/C12H15BrN4O2S/c1-8-11(7-14-2)12(16-15-8)20(18,19)17-10-5-3-4-9(13)6-10/h3-6,14,17H,7H2,1-2H3,(H,15,16). The van der Waals surface area contributed by atoms with E-state index in [0.29, 0.717) is 17.8 Å². The third-order valence-corrected chi connectivity index (χ3v) is 4.57. The van der Waals surface area contributed by atoms with Gasteiger partial charge in [-0.15, -0.1) is 0 Å². The molecular formula is C12H15BrN4O2S. The van der Waals surface area contributed by atoms with Gasteiger partial charge in [0.25, 0.3) is 10.0 Å². The number of aromatic amines is 1. The van der Waals surface area contributed by atoms with Crippen molar-refractivity contribution in [2.24, 2.45) is 0 Å². The summed E-state index contributed by atoms with van der Waals surface area (Å²) in [6.07, 6.45) is 0. The minimum absolute atomic E-state index is 0.0179. The monoisotopic (exact) mass is 358 g/mol. The Labute approximate surface area is 126 Å². The van der Waals surface area contributed by atoms with Gasteiger partial charge in [-0.2, -0.15) is 13.5 Å². The molecule has 2 rings (SSSR count). The van der Waals surface area contributed by atoms with Crippen molar-refractivity contribution in [3.63, 3.8) is 0 Å². The van der Waals surface area contributed by atoms with Gasteiger partial charge in [-0.1, -0.05) is 22.0 Å². The molecule has 0 amide bonds. The summed E-state index contributed by atoms with van der Waals surface area (Å²) in [7, 11) is -1.96. The van der Waals surface area contributed by atoms with Gasteiger partial charge >= 0.3 is 0 Å². The summed E-state index contributed by atoms with van der Waals surface area (Å²) in [4.78, 5) is 0. The first-order chi connectivity index (χ1) is 9.44. The molecular weight excluding hydrogens is 344 g/mol. The summed E-state index contributed by atoms with van der Waals surface area (Å²) in [6.45, 7) is 2.22. The lowest BCUT2D eigenvalue weighted by Crippen LogP contribution is -2.17. The number of aryl methyl sites for hydroxylation is 1. The van der Waals surface area contributed by atoms with Crippen LogP contribution in [0.15, 0.2) is 33.8 Å². The van der Waals surface area contributed by atoms with Crippen molar-refractivity contribution in [1.29, 1.82) is 0 Å². The molecule has 0 bridgehead atoms. The van der Waals surface area contributed by atoms with Crippen molar-refractivity contribution in [2.75, 3.05) is 11.8 Å². The third kappa shape index (κ3) is 3.20. The first-order valence-electron chi connectivity index (χ1n) is 5.91. The number of hydrogen-bond donors (Lipinski definition) is 3. The van der Waals surface area contributed by atoms with Gasteiger partial charge in [0, 0.05) is 28.0 Å². The van der Waals surface area contributed by atoms with Crippen LogP contribution < -0.4 is 10.0 Å². The summed E-state index contributed by atoms with van der Waals surface area (Å²) in [5, 5.41) is 9.56. The lowest BCUT2D eigenvalue weighted by atomic mass is 10.3. The van der Waals surface area contributed by atoms with E-state index in [2.05, 4.69) is 36.2 Å². The molecule has 0 radical (unpaired) electrons. The van der Waals surface area contributed by atoms with Crippen LogP contribution in [0, 0.1) is 6.92 Å². The number of anilines is 1. The van der Waals surface area contributed by atoms with Crippen molar-refractivity contribution in [3.05, 3.63) is 40.0 Å². The Balaban J connectivity index is 2.36. The number of nitrogens with zero attached hydrogens (tertiary/aromatic N) is 1. The van der Waals surface area contributed by atoms with Gasteiger partial charge in [-0.25, -0.2) is 0 Å². The van der Waals surface area contributed by atoms with Gasteiger partial charge < -0.3 is 5.32 Å². The predicted octanol–water partition coefficient (Wildman–Crippen LogP) is 2.00. The van der Waals surface area contributed by atoms with Crippen LogP contribution >= 0.6 is 15.9 Å². The normalized spacial score (nSPS) is 11.6. The highest BCUT2D eigenvalue weighted by atomic mass is 79.9.